The van der Waals surface area contributed by atoms with Crippen LogP contribution in [-0.2, 0) is 6.18 Å². The number of hydrogen-bond acceptors (Lipinski definition) is 2. The SMILES string of the molecule is O=C(NCC1CCN(C(=O)Nc2ccccc2C(F)(F)F)CC1)NC12CC3CC(CC1C3)C2. The Balaban J connectivity index is 1.07. The highest BCUT2D eigenvalue weighted by Crippen LogP contribution is 2.60. The third-order valence-corrected chi connectivity index (χ3v) is 8.28. The summed E-state index contributed by atoms with van der Waals surface area (Å²) in [6.07, 6.45) is 2.95. The summed E-state index contributed by atoms with van der Waals surface area (Å²) in [7, 11) is 0. The maximum atomic E-state index is 13.2. The number of carbonyl (C=O) groups excluding carboxylic acids is 2. The van der Waals surface area contributed by atoms with Gasteiger partial charge in [0.15, 0.2) is 0 Å². The fourth-order valence-corrected chi connectivity index (χ4v) is 6.88. The molecule has 2 unspecified atom stereocenters. The van der Waals surface area contributed by atoms with Crippen LogP contribution in [0.25, 0.3) is 0 Å². The van der Waals surface area contributed by atoms with Crippen molar-refractivity contribution in [1.29, 1.82) is 0 Å². The molecule has 0 radical (unpaired) electrons. The second-order valence-electron chi connectivity index (χ2n) is 10.4. The van der Waals surface area contributed by atoms with Crippen molar-refractivity contribution in [2.24, 2.45) is 23.7 Å². The highest BCUT2D eigenvalue weighted by atomic mass is 19.4. The lowest BCUT2D eigenvalue weighted by Crippen LogP contribution is -2.54. The molecule has 4 bridgehead atoms. The second kappa shape index (κ2) is 8.40. The topological polar surface area (TPSA) is 73.5 Å². The predicted molar refractivity (Wildman–Crippen MR) is 118 cm³/mol. The van der Waals surface area contributed by atoms with Crippen molar-refractivity contribution in [3.8, 4) is 0 Å². The number of urea groups is 2. The quantitative estimate of drug-likeness (QED) is 0.597. The third-order valence-electron chi connectivity index (χ3n) is 8.28. The van der Waals surface area contributed by atoms with E-state index in [-0.39, 0.29) is 23.2 Å². The van der Waals surface area contributed by atoms with Gasteiger partial charge in [0.2, 0.25) is 0 Å². The van der Waals surface area contributed by atoms with E-state index < -0.39 is 17.8 Å². The van der Waals surface area contributed by atoms with Crippen LogP contribution < -0.4 is 16.0 Å². The average Bonchev–Trinajstić information content (AvgIpc) is 3.14. The normalized spacial score (nSPS) is 31.0. The van der Waals surface area contributed by atoms with Gasteiger partial charge in [-0.3, -0.25) is 0 Å². The standard InChI is InChI=1S/C24H31F3N4O2/c25-24(26,27)19-3-1-2-4-20(19)29-22(33)31-7-5-15(6-8-31)14-28-21(32)30-23-12-16-9-17(13-23)11-18(23)10-16/h1-4,15-18H,5-14H2,(H,29,33)(H2,28,30,32). The number of nitrogens with one attached hydrogen (secondary N) is 3. The largest absolute Gasteiger partial charge is 0.418 e. The van der Waals surface area contributed by atoms with E-state index in [4.69, 9.17) is 0 Å². The molecule has 0 aromatic heterocycles. The van der Waals surface area contributed by atoms with E-state index in [1.54, 1.807) is 0 Å². The van der Waals surface area contributed by atoms with Gasteiger partial charge in [-0.05, 0) is 80.8 Å². The van der Waals surface area contributed by atoms with Gasteiger partial charge in [-0.25, -0.2) is 9.59 Å². The number of hydrogen-bond donors (Lipinski definition) is 3. The molecule has 5 aliphatic rings. The van der Waals surface area contributed by atoms with E-state index in [2.05, 4.69) is 16.0 Å². The lowest BCUT2D eigenvalue weighted by molar-refractivity contribution is -0.136. The zero-order chi connectivity index (χ0) is 23.2. The number of halogens is 3. The fraction of sp³-hybridized carbons (Fsp3) is 0.667. The summed E-state index contributed by atoms with van der Waals surface area (Å²) in [5, 5.41) is 8.75. The molecule has 4 saturated carbocycles. The van der Waals surface area contributed by atoms with Crippen LogP contribution in [0.2, 0.25) is 0 Å². The number of anilines is 1. The smallest absolute Gasteiger partial charge is 0.338 e. The second-order valence-corrected chi connectivity index (χ2v) is 10.4. The first-order chi connectivity index (χ1) is 15.7. The van der Waals surface area contributed by atoms with Crippen LogP contribution in [0.3, 0.4) is 0 Å². The number of nitrogens with zero attached hydrogens (tertiary/aromatic N) is 1. The summed E-state index contributed by atoms with van der Waals surface area (Å²) in [6, 6.07) is 4.37. The molecule has 180 valence electrons. The minimum Gasteiger partial charge on any atom is -0.338 e. The van der Waals surface area contributed by atoms with Crippen molar-refractivity contribution in [2.45, 2.75) is 56.7 Å². The van der Waals surface area contributed by atoms with Gasteiger partial charge in [-0.1, -0.05) is 12.1 Å². The van der Waals surface area contributed by atoms with Gasteiger partial charge in [0.05, 0.1) is 11.3 Å². The number of likely N-dealkylation sites (tertiary alicyclic amines) is 1. The highest BCUT2D eigenvalue weighted by molar-refractivity contribution is 5.90. The molecule has 4 aliphatic carbocycles. The molecule has 3 N–H and O–H groups in total. The summed E-state index contributed by atoms with van der Waals surface area (Å²) in [6.45, 7) is 1.44. The van der Waals surface area contributed by atoms with E-state index in [0.717, 1.165) is 30.7 Å². The van der Waals surface area contributed by atoms with Gasteiger partial charge in [0, 0.05) is 25.2 Å². The Kier molecular flexibility index (Phi) is 5.69. The minimum atomic E-state index is -4.53. The molecule has 2 atom stereocenters. The van der Waals surface area contributed by atoms with Gasteiger partial charge >= 0.3 is 18.2 Å². The summed E-state index contributed by atoms with van der Waals surface area (Å²) in [5.41, 5.74) is -1.08. The highest BCUT2D eigenvalue weighted by Gasteiger charge is 2.58. The fourth-order valence-electron chi connectivity index (χ4n) is 6.88. The van der Waals surface area contributed by atoms with Crippen molar-refractivity contribution in [3.63, 3.8) is 0 Å². The first kappa shape index (κ1) is 22.3. The lowest BCUT2D eigenvalue weighted by Gasteiger charge is -2.35. The zero-order valence-electron chi connectivity index (χ0n) is 18.6. The van der Waals surface area contributed by atoms with Crippen LogP contribution in [0, 0.1) is 23.7 Å². The van der Waals surface area contributed by atoms with Crippen LogP contribution in [0.5, 0.6) is 0 Å². The van der Waals surface area contributed by atoms with Gasteiger partial charge in [-0.2, -0.15) is 13.2 Å². The molecular formula is C24H31F3N4O2. The maximum absolute atomic E-state index is 13.2. The summed E-state index contributed by atoms with van der Waals surface area (Å²) in [5.74, 6) is 2.44. The van der Waals surface area contributed by atoms with Crippen molar-refractivity contribution in [1.82, 2.24) is 15.5 Å². The van der Waals surface area contributed by atoms with Crippen LogP contribution in [0.1, 0.15) is 50.5 Å². The Bertz CT molecular complexity index is 899. The molecule has 6 rings (SSSR count). The van der Waals surface area contributed by atoms with E-state index in [9.17, 15) is 22.8 Å². The number of benzene rings is 1. The first-order valence-electron chi connectivity index (χ1n) is 12.0. The van der Waals surface area contributed by atoms with Crippen molar-refractivity contribution in [2.75, 3.05) is 25.0 Å². The average molecular weight is 465 g/mol. The van der Waals surface area contributed by atoms with Gasteiger partial charge in [0.25, 0.3) is 0 Å². The summed E-state index contributed by atoms with van der Waals surface area (Å²) in [4.78, 5) is 26.7. The van der Waals surface area contributed by atoms with E-state index in [1.807, 2.05) is 0 Å². The molecule has 0 spiro atoms. The molecule has 4 amide bonds. The molecule has 9 heteroatoms. The molecule has 33 heavy (non-hydrogen) atoms. The van der Waals surface area contributed by atoms with Crippen LogP contribution in [0.4, 0.5) is 28.4 Å². The zero-order valence-corrected chi connectivity index (χ0v) is 18.6. The molecule has 5 fully saturated rings. The van der Waals surface area contributed by atoms with Crippen molar-refractivity contribution >= 4 is 17.7 Å². The molecular weight excluding hydrogens is 433 g/mol. The number of amides is 4. The maximum Gasteiger partial charge on any atom is 0.418 e. The number of alkyl halides is 3. The molecule has 1 aromatic carbocycles. The Morgan fingerprint density at radius 3 is 2.36 bits per heavy atom. The van der Waals surface area contributed by atoms with Gasteiger partial charge < -0.3 is 20.9 Å². The van der Waals surface area contributed by atoms with Crippen molar-refractivity contribution < 1.29 is 22.8 Å². The Morgan fingerprint density at radius 2 is 1.70 bits per heavy atom. The molecule has 1 aliphatic heterocycles. The van der Waals surface area contributed by atoms with Crippen LogP contribution in [0.15, 0.2) is 24.3 Å². The Labute approximate surface area is 191 Å². The monoisotopic (exact) mass is 464 g/mol. The summed E-state index contributed by atoms with van der Waals surface area (Å²) >= 11 is 0. The van der Waals surface area contributed by atoms with Crippen molar-refractivity contribution in [3.05, 3.63) is 29.8 Å². The van der Waals surface area contributed by atoms with Gasteiger partial charge in [-0.15, -0.1) is 0 Å². The predicted octanol–water partition coefficient (Wildman–Crippen LogP) is 4.83. The lowest BCUT2D eigenvalue weighted by atomic mass is 9.80. The van der Waals surface area contributed by atoms with Gasteiger partial charge in [0.1, 0.15) is 0 Å². The number of para-hydroxylation sites is 1. The van der Waals surface area contributed by atoms with Crippen LogP contribution >= 0.6 is 0 Å². The van der Waals surface area contributed by atoms with E-state index >= 15 is 0 Å². The Hall–Kier alpha value is -2.45. The summed E-state index contributed by atoms with van der Waals surface area (Å²) < 4.78 is 39.5. The van der Waals surface area contributed by atoms with E-state index in [1.165, 1.54) is 42.4 Å². The molecule has 1 heterocycles. The van der Waals surface area contributed by atoms with Crippen LogP contribution in [-0.4, -0.2) is 42.1 Å². The number of rotatable bonds is 4. The number of piperidine rings is 1. The number of carbonyl (C=O) groups is 2. The molecule has 1 aromatic rings. The Morgan fingerprint density at radius 1 is 1.03 bits per heavy atom. The third kappa shape index (κ3) is 4.51. The molecule has 1 saturated heterocycles. The molecule has 6 nitrogen and oxygen atoms in total. The van der Waals surface area contributed by atoms with E-state index in [0.29, 0.717) is 38.4 Å². The minimum absolute atomic E-state index is 0.00578. The first-order valence-corrected chi connectivity index (χ1v) is 12.0.